The van der Waals surface area contributed by atoms with Gasteiger partial charge in [-0.25, -0.2) is 0 Å². The highest BCUT2D eigenvalue weighted by Crippen LogP contribution is 2.20. The molecule has 0 amide bonds. The lowest BCUT2D eigenvalue weighted by molar-refractivity contribution is 1.32. The van der Waals surface area contributed by atoms with Gasteiger partial charge in [0, 0.05) is 11.9 Å². The number of nitrogens with zero attached hydrogens (tertiary/aromatic N) is 2. The second-order valence-electron chi connectivity index (χ2n) is 3.01. The molecule has 0 aliphatic carbocycles. The van der Waals surface area contributed by atoms with Gasteiger partial charge < -0.3 is 5.32 Å². The Morgan fingerprint density at radius 3 is 2.73 bits per heavy atom. The number of aromatic nitrogens is 1. The lowest BCUT2D eigenvalue weighted by Crippen LogP contribution is -1.89. The summed E-state index contributed by atoms with van der Waals surface area (Å²) in [5.74, 6) is 0. The maximum atomic E-state index is 10.3. The van der Waals surface area contributed by atoms with Crippen molar-refractivity contribution in [3.8, 4) is 0 Å². The van der Waals surface area contributed by atoms with Crippen LogP contribution in [0.1, 0.15) is 0 Å². The van der Waals surface area contributed by atoms with Gasteiger partial charge in [0.25, 0.3) is 0 Å². The summed E-state index contributed by atoms with van der Waals surface area (Å²) in [6, 6.07) is 10.7. The van der Waals surface area contributed by atoms with Gasteiger partial charge in [-0.3, -0.25) is 4.98 Å². The maximum Gasteiger partial charge on any atom is 0.110 e. The number of benzene rings is 1. The van der Waals surface area contributed by atoms with Crippen LogP contribution in [0.2, 0.25) is 0 Å². The van der Waals surface area contributed by atoms with Gasteiger partial charge in [-0.1, -0.05) is 6.07 Å². The Bertz CT molecular complexity index is 456. The minimum atomic E-state index is 0.406. The van der Waals surface area contributed by atoms with Gasteiger partial charge in [0.2, 0.25) is 0 Å². The first-order valence-corrected chi connectivity index (χ1v) is 4.49. The molecule has 1 N–H and O–H groups in total. The minimum absolute atomic E-state index is 0.406. The van der Waals surface area contributed by atoms with Crippen molar-refractivity contribution in [2.24, 2.45) is 5.18 Å². The summed E-state index contributed by atoms with van der Waals surface area (Å²) in [5, 5.41) is 5.98. The van der Waals surface area contributed by atoms with Crippen LogP contribution >= 0.6 is 0 Å². The van der Waals surface area contributed by atoms with E-state index in [1.54, 1.807) is 30.6 Å². The summed E-state index contributed by atoms with van der Waals surface area (Å²) < 4.78 is 0. The number of hydrogen-bond donors (Lipinski definition) is 1. The molecule has 0 saturated heterocycles. The fourth-order valence-corrected chi connectivity index (χ4v) is 1.24. The lowest BCUT2D eigenvalue weighted by atomic mass is 10.2. The van der Waals surface area contributed by atoms with E-state index in [-0.39, 0.29) is 0 Å². The quantitative estimate of drug-likeness (QED) is 0.772. The van der Waals surface area contributed by atoms with Crippen LogP contribution in [0.4, 0.5) is 17.1 Å². The number of pyridine rings is 1. The van der Waals surface area contributed by atoms with Gasteiger partial charge in [-0.15, -0.1) is 4.91 Å². The molecule has 0 saturated carbocycles. The Morgan fingerprint density at radius 1 is 1.13 bits per heavy atom. The van der Waals surface area contributed by atoms with Crippen molar-refractivity contribution < 1.29 is 0 Å². The van der Waals surface area contributed by atoms with Crippen LogP contribution in [0.5, 0.6) is 0 Å². The SMILES string of the molecule is O=Nc1cccc(Nc2cccnc2)c1. The first kappa shape index (κ1) is 9.33. The Hall–Kier alpha value is -2.23. The molecule has 0 aliphatic rings. The monoisotopic (exact) mass is 199 g/mol. The zero-order valence-corrected chi connectivity index (χ0v) is 7.92. The zero-order valence-electron chi connectivity index (χ0n) is 7.92. The molecule has 1 aromatic carbocycles. The van der Waals surface area contributed by atoms with Gasteiger partial charge in [-0.2, -0.15) is 0 Å². The predicted octanol–water partition coefficient (Wildman–Crippen LogP) is 3.22. The second-order valence-corrected chi connectivity index (χ2v) is 3.01. The van der Waals surface area contributed by atoms with Crippen molar-refractivity contribution in [3.05, 3.63) is 53.7 Å². The third-order valence-corrected chi connectivity index (χ3v) is 1.90. The third kappa shape index (κ3) is 2.37. The molecule has 1 heterocycles. The molecule has 74 valence electrons. The number of rotatable bonds is 3. The highest BCUT2D eigenvalue weighted by Gasteiger charge is 1.96. The molecule has 4 heteroatoms. The standard InChI is InChI=1S/C11H9N3O/c15-14-10-4-1-3-9(7-10)13-11-5-2-6-12-8-11/h1-8,13H. The molecular formula is C11H9N3O. The fourth-order valence-electron chi connectivity index (χ4n) is 1.24. The van der Waals surface area contributed by atoms with E-state index < -0.39 is 0 Å². The summed E-state index contributed by atoms with van der Waals surface area (Å²) in [6.45, 7) is 0. The lowest BCUT2D eigenvalue weighted by Gasteiger charge is -2.04. The van der Waals surface area contributed by atoms with Crippen LogP contribution < -0.4 is 5.32 Å². The second kappa shape index (κ2) is 4.32. The highest BCUT2D eigenvalue weighted by molar-refractivity contribution is 5.62. The Morgan fingerprint density at radius 2 is 2.00 bits per heavy atom. The van der Waals surface area contributed by atoms with E-state index in [1.807, 2.05) is 18.2 Å². The molecule has 0 atom stereocenters. The Labute approximate surface area is 87.0 Å². The van der Waals surface area contributed by atoms with Gasteiger partial charge >= 0.3 is 0 Å². The summed E-state index contributed by atoms with van der Waals surface area (Å²) in [5.41, 5.74) is 2.10. The topological polar surface area (TPSA) is 54.4 Å². The number of nitroso groups, excluding NO2 is 1. The van der Waals surface area contributed by atoms with Crippen molar-refractivity contribution in [2.45, 2.75) is 0 Å². The molecule has 0 fully saturated rings. The van der Waals surface area contributed by atoms with E-state index in [9.17, 15) is 4.91 Å². The van der Waals surface area contributed by atoms with Crippen molar-refractivity contribution >= 4 is 17.1 Å². The summed E-state index contributed by atoms with van der Waals surface area (Å²) >= 11 is 0. The average Bonchev–Trinajstić information content (AvgIpc) is 2.31. The molecule has 0 aliphatic heterocycles. The van der Waals surface area contributed by atoms with Crippen LogP contribution in [-0.4, -0.2) is 4.98 Å². The summed E-state index contributed by atoms with van der Waals surface area (Å²) in [4.78, 5) is 14.3. The van der Waals surface area contributed by atoms with E-state index in [0.29, 0.717) is 5.69 Å². The largest absolute Gasteiger partial charge is 0.354 e. The molecule has 4 nitrogen and oxygen atoms in total. The van der Waals surface area contributed by atoms with Crippen molar-refractivity contribution in [1.82, 2.24) is 4.98 Å². The van der Waals surface area contributed by atoms with Crippen LogP contribution in [0, 0.1) is 4.91 Å². The van der Waals surface area contributed by atoms with Crippen LogP contribution in [0.15, 0.2) is 54.0 Å². The zero-order chi connectivity index (χ0) is 10.5. The molecule has 2 rings (SSSR count). The number of anilines is 2. The fraction of sp³-hybridized carbons (Fsp3) is 0. The highest BCUT2D eigenvalue weighted by atomic mass is 16.3. The molecular weight excluding hydrogens is 190 g/mol. The van der Waals surface area contributed by atoms with Crippen molar-refractivity contribution in [3.63, 3.8) is 0 Å². The molecule has 2 aromatic rings. The van der Waals surface area contributed by atoms with Gasteiger partial charge in [0.15, 0.2) is 0 Å². The van der Waals surface area contributed by atoms with Crippen LogP contribution in [0.25, 0.3) is 0 Å². The average molecular weight is 199 g/mol. The van der Waals surface area contributed by atoms with Gasteiger partial charge in [-0.05, 0) is 35.5 Å². The molecule has 15 heavy (non-hydrogen) atoms. The molecule has 0 bridgehead atoms. The first-order chi connectivity index (χ1) is 7.38. The summed E-state index contributed by atoms with van der Waals surface area (Å²) in [7, 11) is 0. The number of hydrogen-bond acceptors (Lipinski definition) is 4. The van der Waals surface area contributed by atoms with Crippen molar-refractivity contribution in [1.29, 1.82) is 0 Å². The van der Waals surface area contributed by atoms with E-state index in [1.165, 1.54) is 0 Å². The Balaban J connectivity index is 2.21. The van der Waals surface area contributed by atoms with Gasteiger partial charge in [0.1, 0.15) is 5.69 Å². The molecule has 0 radical (unpaired) electrons. The predicted molar refractivity (Wildman–Crippen MR) is 59.4 cm³/mol. The minimum Gasteiger partial charge on any atom is -0.354 e. The van der Waals surface area contributed by atoms with Crippen molar-refractivity contribution in [2.75, 3.05) is 5.32 Å². The van der Waals surface area contributed by atoms with E-state index in [2.05, 4.69) is 15.5 Å². The van der Waals surface area contributed by atoms with Crippen LogP contribution in [0.3, 0.4) is 0 Å². The normalized spacial score (nSPS) is 9.60. The van der Waals surface area contributed by atoms with E-state index in [4.69, 9.17) is 0 Å². The molecule has 0 spiro atoms. The summed E-state index contributed by atoms with van der Waals surface area (Å²) in [6.07, 6.45) is 3.41. The van der Waals surface area contributed by atoms with E-state index in [0.717, 1.165) is 11.4 Å². The number of nitrogens with one attached hydrogen (secondary N) is 1. The van der Waals surface area contributed by atoms with E-state index >= 15 is 0 Å². The van der Waals surface area contributed by atoms with Gasteiger partial charge in [0.05, 0.1) is 11.9 Å². The first-order valence-electron chi connectivity index (χ1n) is 4.49. The smallest absolute Gasteiger partial charge is 0.110 e. The molecule has 0 unspecified atom stereocenters. The molecule has 1 aromatic heterocycles. The van der Waals surface area contributed by atoms with Crippen LogP contribution in [-0.2, 0) is 0 Å². The third-order valence-electron chi connectivity index (χ3n) is 1.90. The maximum absolute atomic E-state index is 10.3. The Kier molecular flexibility index (Phi) is 2.69.